The monoisotopic (exact) mass is 380 g/mol. The highest BCUT2D eigenvalue weighted by molar-refractivity contribution is 7.13. The normalized spacial score (nSPS) is 14.4. The lowest BCUT2D eigenvalue weighted by Crippen LogP contribution is -2.49. The Balaban J connectivity index is 1.39. The number of aryl methyl sites for hydroxylation is 1. The molecular formula is C19H20N6OS. The molecule has 0 bridgehead atoms. The number of piperazine rings is 1. The first kappa shape index (κ1) is 17.5. The third-order valence-corrected chi connectivity index (χ3v) is 5.52. The maximum atomic E-state index is 12.5. The number of rotatable bonds is 4. The summed E-state index contributed by atoms with van der Waals surface area (Å²) >= 11 is 1.65. The summed E-state index contributed by atoms with van der Waals surface area (Å²) in [6.07, 6.45) is 7.45. The molecule has 0 N–H and O–H groups in total. The van der Waals surface area contributed by atoms with Crippen molar-refractivity contribution in [3.63, 3.8) is 0 Å². The number of pyridine rings is 1. The Morgan fingerprint density at radius 1 is 1.11 bits per heavy atom. The van der Waals surface area contributed by atoms with Gasteiger partial charge in [0.25, 0.3) is 5.91 Å². The van der Waals surface area contributed by atoms with E-state index in [4.69, 9.17) is 0 Å². The minimum atomic E-state index is -0.0680. The third-order valence-electron chi connectivity index (χ3n) is 4.58. The first-order chi connectivity index (χ1) is 13.2. The first-order valence-corrected chi connectivity index (χ1v) is 9.83. The number of aromatic nitrogens is 4. The van der Waals surface area contributed by atoms with Crippen molar-refractivity contribution in [1.82, 2.24) is 24.8 Å². The summed E-state index contributed by atoms with van der Waals surface area (Å²) in [5.41, 5.74) is 2.55. The summed E-state index contributed by atoms with van der Waals surface area (Å²) in [4.78, 5) is 33.7. The fraction of sp³-hybridized carbons (Fsp3) is 0.316. The van der Waals surface area contributed by atoms with E-state index in [1.54, 1.807) is 23.7 Å². The van der Waals surface area contributed by atoms with Crippen LogP contribution in [0.25, 0.3) is 10.6 Å². The minimum Gasteiger partial charge on any atom is -0.353 e. The molecule has 1 aliphatic rings. The zero-order valence-electron chi connectivity index (χ0n) is 15.1. The van der Waals surface area contributed by atoms with Crippen LogP contribution in [0.2, 0.25) is 0 Å². The van der Waals surface area contributed by atoms with Crippen molar-refractivity contribution < 1.29 is 4.79 Å². The number of thiazole rings is 1. The molecule has 8 heteroatoms. The second-order valence-corrected chi connectivity index (χ2v) is 7.13. The SMILES string of the molecule is CCc1csc(-c2ccc(N3CCN(C(=O)c4cnccn4)CC3)nc2)n1. The Labute approximate surface area is 161 Å². The van der Waals surface area contributed by atoms with Crippen LogP contribution in [0.5, 0.6) is 0 Å². The molecule has 1 saturated heterocycles. The molecular weight excluding hydrogens is 360 g/mol. The van der Waals surface area contributed by atoms with Crippen LogP contribution in [0.3, 0.4) is 0 Å². The molecule has 0 spiro atoms. The van der Waals surface area contributed by atoms with Gasteiger partial charge in [0.1, 0.15) is 16.5 Å². The molecule has 138 valence electrons. The highest BCUT2D eigenvalue weighted by Crippen LogP contribution is 2.25. The lowest BCUT2D eigenvalue weighted by atomic mass is 10.2. The molecule has 1 amide bonds. The quantitative estimate of drug-likeness (QED) is 0.692. The summed E-state index contributed by atoms with van der Waals surface area (Å²) in [5.74, 6) is 0.860. The standard InChI is InChI=1S/C19H20N6OS/c1-2-15-13-27-18(23-15)14-3-4-17(22-11-14)24-7-9-25(10-8-24)19(26)16-12-20-5-6-21-16/h3-6,11-13H,2,7-10H2,1H3. The lowest BCUT2D eigenvalue weighted by molar-refractivity contribution is 0.0740. The zero-order valence-corrected chi connectivity index (χ0v) is 15.9. The van der Waals surface area contributed by atoms with Gasteiger partial charge in [-0.3, -0.25) is 9.78 Å². The average molecular weight is 380 g/mol. The van der Waals surface area contributed by atoms with E-state index in [-0.39, 0.29) is 5.91 Å². The van der Waals surface area contributed by atoms with Crippen molar-refractivity contribution in [2.75, 3.05) is 31.1 Å². The van der Waals surface area contributed by atoms with Crippen LogP contribution in [0.1, 0.15) is 23.1 Å². The van der Waals surface area contributed by atoms with Gasteiger partial charge in [0, 0.05) is 55.7 Å². The minimum absolute atomic E-state index is 0.0680. The molecule has 4 heterocycles. The molecule has 0 radical (unpaired) electrons. The molecule has 7 nitrogen and oxygen atoms in total. The van der Waals surface area contributed by atoms with Gasteiger partial charge in [-0.1, -0.05) is 6.92 Å². The maximum Gasteiger partial charge on any atom is 0.274 e. The van der Waals surface area contributed by atoms with E-state index in [1.165, 1.54) is 6.20 Å². The molecule has 3 aromatic heterocycles. The van der Waals surface area contributed by atoms with E-state index in [0.717, 1.165) is 41.6 Å². The van der Waals surface area contributed by atoms with Crippen molar-refractivity contribution in [3.05, 3.63) is 53.7 Å². The molecule has 3 aromatic rings. The second kappa shape index (κ2) is 7.79. The Hall–Kier alpha value is -2.87. The van der Waals surface area contributed by atoms with E-state index >= 15 is 0 Å². The van der Waals surface area contributed by atoms with E-state index < -0.39 is 0 Å². The average Bonchev–Trinajstić information content (AvgIpc) is 3.23. The Kier molecular flexibility index (Phi) is 5.06. The number of carbonyl (C=O) groups is 1. The highest BCUT2D eigenvalue weighted by atomic mass is 32.1. The van der Waals surface area contributed by atoms with Crippen LogP contribution in [0.15, 0.2) is 42.3 Å². The van der Waals surface area contributed by atoms with Crippen LogP contribution >= 0.6 is 11.3 Å². The van der Waals surface area contributed by atoms with Crippen molar-refractivity contribution in [2.45, 2.75) is 13.3 Å². The predicted molar refractivity (Wildman–Crippen MR) is 105 cm³/mol. The number of amides is 1. The van der Waals surface area contributed by atoms with Crippen molar-refractivity contribution >= 4 is 23.1 Å². The van der Waals surface area contributed by atoms with Gasteiger partial charge in [-0.05, 0) is 18.6 Å². The van der Waals surface area contributed by atoms with Crippen LogP contribution < -0.4 is 4.90 Å². The van der Waals surface area contributed by atoms with Crippen LogP contribution in [0.4, 0.5) is 5.82 Å². The van der Waals surface area contributed by atoms with Gasteiger partial charge in [-0.15, -0.1) is 11.3 Å². The van der Waals surface area contributed by atoms with E-state index in [2.05, 4.69) is 43.2 Å². The summed E-state index contributed by atoms with van der Waals surface area (Å²) in [6, 6.07) is 4.10. The number of carbonyl (C=O) groups excluding carboxylic acids is 1. The predicted octanol–water partition coefficient (Wildman–Crippen LogP) is 2.52. The smallest absolute Gasteiger partial charge is 0.274 e. The molecule has 0 aromatic carbocycles. The van der Waals surface area contributed by atoms with Crippen molar-refractivity contribution in [3.8, 4) is 10.6 Å². The van der Waals surface area contributed by atoms with Crippen LogP contribution in [0, 0.1) is 0 Å². The number of anilines is 1. The Bertz CT molecular complexity index is 903. The molecule has 1 aliphatic heterocycles. The summed E-state index contributed by atoms with van der Waals surface area (Å²) < 4.78 is 0. The molecule has 27 heavy (non-hydrogen) atoms. The van der Waals surface area contributed by atoms with Gasteiger partial charge >= 0.3 is 0 Å². The molecule has 0 saturated carbocycles. The molecule has 0 atom stereocenters. The molecule has 4 rings (SSSR count). The van der Waals surface area contributed by atoms with Gasteiger partial charge in [0.15, 0.2) is 0 Å². The van der Waals surface area contributed by atoms with Gasteiger partial charge < -0.3 is 9.80 Å². The van der Waals surface area contributed by atoms with Gasteiger partial charge in [-0.2, -0.15) is 0 Å². The third kappa shape index (κ3) is 3.80. The second-order valence-electron chi connectivity index (χ2n) is 6.27. The van der Waals surface area contributed by atoms with Crippen molar-refractivity contribution in [1.29, 1.82) is 0 Å². The highest BCUT2D eigenvalue weighted by Gasteiger charge is 2.23. The van der Waals surface area contributed by atoms with Crippen LogP contribution in [-0.2, 0) is 6.42 Å². The van der Waals surface area contributed by atoms with Crippen molar-refractivity contribution in [2.24, 2.45) is 0 Å². The fourth-order valence-corrected chi connectivity index (χ4v) is 3.91. The lowest BCUT2D eigenvalue weighted by Gasteiger charge is -2.35. The number of hydrogen-bond acceptors (Lipinski definition) is 7. The van der Waals surface area contributed by atoms with E-state index in [1.807, 2.05) is 17.2 Å². The number of hydrogen-bond donors (Lipinski definition) is 0. The summed E-state index contributed by atoms with van der Waals surface area (Å²) in [6.45, 7) is 4.89. The number of nitrogens with zero attached hydrogens (tertiary/aromatic N) is 6. The molecule has 1 fully saturated rings. The maximum absolute atomic E-state index is 12.5. The largest absolute Gasteiger partial charge is 0.353 e. The Morgan fingerprint density at radius 3 is 2.59 bits per heavy atom. The van der Waals surface area contributed by atoms with E-state index in [9.17, 15) is 4.79 Å². The zero-order chi connectivity index (χ0) is 18.6. The Morgan fingerprint density at radius 2 is 1.96 bits per heavy atom. The van der Waals surface area contributed by atoms with Gasteiger partial charge in [0.2, 0.25) is 0 Å². The molecule has 0 aliphatic carbocycles. The van der Waals surface area contributed by atoms with E-state index in [0.29, 0.717) is 18.8 Å². The summed E-state index contributed by atoms with van der Waals surface area (Å²) in [5, 5.41) is 3.10. The van der Waals surface area contributed by atoms with Gasteiger partial charge in [0.05, 0.1) is 11.9 Å². The first-order valence-electron chi connectivity index (χ1n) is 8.95. The molecule has 0 unspecified atom stereocenters. The van der Waals surface area contributed by atoms with Gasteiger partial charge in [-0.25, -0.2) is 15.0 Å². The van der Waals surface area contributed by atoms with Crippen LogP contribution in [-0.4, -0.2) is 56.9 Å². The fourth-order valence-electron chi connectivity index (χ4n) is 3.01. The topological polar surface area (TPSA) is 75.1 Å². The summed E-state index contributed by atoms with van der Waals surface area (Å²) in [7, 11) is 0.